The monoisotopic (exact) mass is 311 g/mol. The topological polar surface area (TPSA) is 37.8 Å². The van der Waals surface area contributed by atoms with Crippen LogP contribution >= 0.6 is 11.3 Å². The number of aromatic nitrogens is 2. The molecule has 0 atom stereocenters. The van der Waals surface area contributed by atoms with Crippen molar-refractivity contribution in [2.75, 3.05) is 13.1 Å². The molecule has 6 heteroatoms. The Bertz CT molecular complexity index is 584. The summed E-state index contributed by atoms with van der Waals surface area (Å²) in [6.45, 7) is 6.13. The van der Waals surface area contributed by atoms with E-state index in [0.29, 0.717) is 16.5 Å². The Balaban J connectivity index is 1.89. The smallest absolute Gasteiger partial charge is 0.162 e. The molecule has 0 aliphatic carbocycles. The normalized spacial score (nSPS) is 11.3. The number of benzene rings is 1. The minimum atomic E-state index is -0.824. The lowest BCUT2D eigenvalue weighted by Crippen LogP contribution is -2.22. The fourth-order valence-electron chi connectivity index (χ4n) is 1.89. The van der Waals surface area contributed by atoms with E-state index in [1.54, 1.807) is 6.07 Å². The van der Waals surface area contributed by atoms with E-state index in [2.05, 4.69) is 29.4 Å². The molecule has 0 aliphatic heterocycles. The zero-order valence-electron chi connectivity index (χ0n) is 12.2. The first kappa shape index (κ1) is 16.0. The molecule has 0 saturated carbocycles. The van der Waals surface area contributed by atoms with Crippen LogP contribution in [0.3, 0.4) is 0 Å². The maximum Gasteiger partial charge on any atom is 0.162 e. The molecule has 2 aromatic rings. The van der Waals surface area contributed by atoms with Crippen LogP contribution in [-0.2, 0) is 12.8 Å². The van der Waals surface area contributed by atoms with Crippen LogP contribution < -0.4 is 5.32 Å². The first-order valence-electron chi connectivity index (χ1n) is 7.01. The first-order chi connectivity index (χ1) is 10.1. The highest BCUT2D eigenvalue weighted by Gasteiger charge is 2.11. The fourth-order valence-corrected chi connectivity index (χ4v) is 2.76. The summed E-state index contributed by atoms with van der Waals surface area (Å²) >= 11 is 1.45. The van der Waals surface area contributed by atoms with Gasteiger partial charge in [-0.25, -0.2) is 8.78 Å². The van der Waals surface area contributed by atoms with Crippen LogP contribution in [0, 0.1) is 17.6 Å². The van der Waals surface area contributed by atoms with Crippen LogP contribution in [0.5, 0.6) is 0 Å². The number of halogens is 2. The van der Waals surface area contributed by atoms with Crippen molar-refractivity contribution < 1.29 is 8.78 Å². The molecule has 3 nitrogen and oxygen atoms in total. The third-order valence-corrected chi connectivity index (χ3v) is 3.93. The molecule has 0 spiro atoms. The number of hydrogen-bond acceptors (Lipinski definition) is 4. The number of rotatable bonds is 7. The molecule has 114 valence electrons. The Morgan fingerprint density at radius 1 is 1.19 bits per heavy atom. The Labute approximate surface area is 127 Å². The van der Waals surface area contributed by atoms with Crippen LogP contribution in [0.1, 0.15) is 29.4 Å². The third-order valence-electron chi connectivity index (χ3n) is 2.95. The van der Waals surface area contributed by atoms with Crippen molar-refractivity contribution >= 4 is 11.3 Å². The summed E-state index contributed by atoms with van der Waals surface area (Å²) in [7, 11) is 0. The van der Waals surface area contributed by atoms with Gasteiger partial charge in [-0.15, -0.1) is 21.5 Å². The summed E-state index contributed by atoms with van der Waals surface area (Å²) in [4.78, 5) is 0. The van der Waals surface area contributed by atoms with Crippen LogP contribution in [0.15, 0.2) is 18.2 Å². The third kappa shape index (κ3) is 4.82. The fraction of sp³-hybridized carbons (Fsp3) is 0.467. The average Bonchev–Trinajstić information content (AvgIpc) is 2.87. The molecule has 1 heterocycles. The van der Waals surface area contributed by atoms with Gasteiger partial charge in [0, 0.05) is 19.4 Å². The zero-order valence-corrected chi connectivity index (χ0v) is 13.0. The molecule has 0 amide bonds. The molecule has 1 aromatic carbocycles. The van der Waals surface area contributed by atoms with Crippen LogP contribution in [0.4, 0.5) is 8.78 Å². The molecular weight excluding hydrogens is 292 g/mol. The maximum atomic E-state index is 13.6. The Kier molecular flexibility index (Phi) is 5.76. The van der Waals surface area contributed by atoms with Gasteiger partial charge in [-0.1, -0.05) is 26.0 Å². The largest absolute Gasteiger partial charge is 0.316 e. The summed E-state index contributed by atoms with van der Waals surface area (Å²) in [6, 6.07) is 4.19. The van der Waals surface area contributed by atoms with Crippen molar-refractivity contribution in [1.29, 1.82) is 0 Å². The summed E-state index contributed by atoms with van der Waals surface area (Å²) in [5, 5.41) is 13.1. The van der Waals surface area contributed by atoms with E-state index in [1.165, 1.54) is 17.4 Å². The molecule has 0 saturated heterocycles. The number of hydrogen-bond donors (Lipinski definition) is 1. The molecule has 1 aromatic heterocycles. The summed E-state index contributed by atoms with van der Waals surface area (Å²) in [6.07, 6.45) is 1.08. The van der Waals surface area contributed by atoms with E-state index >= 15 is 0 Å². The first-order valence-corrected chi connectivity index (χ1v) is 7.82. The highest BCUT2D eigenvalue weighted by Crippen LogP contribution is 2.18. The Morgan fingerprint density at radius 3 is 2.71 bits per heavy atom. The van der Waals surface area contributed by atoms with Crippen LogP contribution in [0.2, 0.25) is 0 Å². The van der Waals surface area contributed by atoms with E-state index in [-0.39, 0.29) is 6.42 Å². The van der Waals surface area contributed by atoms with Crippen molar-refractivity contribution in [2.24, 2.45) is 5.92 Å². The van der Waals surface area contributed by atoms with Crippen molar-refractivity contribution in [3.63, 3.8) is 0 Å². The van der Waals surface area contributed by atoms with Gasteiger partial charge < -0.3 is 5.32 Å². The van der Waals surface area contributed by atoms with Gasteiger partial charge in [-0.3, -0.25) is 0 Å². The van der Waals surface area contributed by atoms with Crippen molar-refractivity contribution in [3.8, 4) is 0 Å². The Hall–Kier alpha value is -1.40. The highest BCUT2D eigenvalue weighted by atomic mass is 32.1. The van der Waals surface area contributed by atoms with Gasteiger partial charge in [0.05, 0.1) is 0 Å². The lowest BCUT2D eigenvalue weighted by Gasteiger charge is -2.05. The van der Waals surface area contributed by atoms with Gasteiger partial charge >= 0.3 is 0 Å². The van der Waals surface area contributed by atoms with Gasteiger partial charge in [0.25, 0.3) is 0 Å². The van der Waals surface area contributed by atoms with E-state index in [1.807, 2.05) is 0 Å². The lowest BCUT2D eigenvalue weighted by molar-refractivity contribution is 0.500. The van der Waals surface area contributed by atoms with E-state index in [4.69, 9.17) is 0 Å². The summed E-state index contributed by atoms with van der Waals surface area (Å²) < 4.78 is 26.7. The quantitative estimate of drug-likeness (QED) is 0.798. The predicted octanol–water partition coefficient (Wildman–Crippen LogP) is 3.20. The van der Waals surface area contributed by atoms with E-state index in [0.717, 1.165) is 30.6 Å². The molecule has 0 radical (unpaired) electrons. The van der Waals surface area contributed by atoms with E-state index in [9.17, 15) is 8.78 Å². The van der Waals surface area contributed by atoms with Gasteiger partial charge in [0.1, 0.15) is 10.0 Å². The second-order valence-electron chi connectivity index (χ2n) is 5.33. The SMILES string of the molecule is CC(C)CNCCc1nnc(Cc2cccc(F)c2F)s1. The predicted molar refractivity (Wildman–Crippen MR) is 80.5 cm³/mol. The summed E-state index contributed by atoms with van der Waals surface area (Å²) in [5.74, 6) is -1.01. The molecule has 21 heavy (non-hydrogen) atoms. The van der Waals surface area contributed by atoms with E-state index < -0.39 is 11.6 Å². The molecule has 0 unspecified atom stereocenters. The second kappa shape index (κ2) is 7.56. The average molecular weight is 311 g/mol. The van der Waals surface area contributed by atoms with Crippen molar-refractivity contribution in [1.82, 2.24) is 15.5 Å². The minimum Gasteiger partial charge on any atom is -0.316 e. The number of nitrogens with one attached hydrogen (secondary N) is 1. The second-order valence-corrected chi connectivity index (χ2v) is 6.47. The lowest BCUT2D eigenvalue weighted by atomic mass is 10.1. The molecule has 1 N–H and O–H groups in total. The van der Waals surface area contributed by atoms with Crippen molar-refractivity contribution in [3.05, 3.63) is 45.4 Å². The van der Waals surface area contributed by atoms with Gasteiger partial charge in [0.15, 0.2) is 11.6 Å². The standard InChI is InChI=1S/C15H19F2N3S/c1-10(2)9-18-7-6-13-19-20-14(21-13)8-11-4-3-5-12(16)15(11)17/h3-5,10,18H,6-9H2,1-2H3. The summed E-state index contributed by atoms with van der Waals surface area (Å²) in [5.41, 5.74) is 0.315. The molecule has 0 bridgehead atoms. The van der Waals surface area contributed by atoms with Gasteiger partial charge in [-0.2, -0.15) is 0 Å². The molecule has 0 fully saturated rings. The minimum absolute atomic E-state index is 0.278. The maximum absolute atomic E-state index is 13.6. The zero-order chi connectivity index (χ0) is 15.2. The van der Waals surface area contributed by atoms with Gasteiger partial charge in [0.2, 0.25) is 0 Å². The molecular formula is C15H19F2N3S. The Morgan fingerprint density at radius 2 is 1.95 bits per heavy atom. The van der Waals surface area contributed by atoms with Gasteiger partial charge in [-0.05, 0) is 24.1 Å². The highest BCUT2D eigenvalue weighted by molar-refractivity contribution is 7.11. The van der Waals surface area contributed by atoms with Crippen LogP contribution in [-0.4, -0.2) is 23.3 Å². The number of nitrogens with zero attached hydrogens (tertiary/aromatic N) is 2. The molecule has 2 rings (SSSR count). The van der Waals surface area contributed by atoms with Crippen LogP contribution in [0.25, 0.3) is 0 Å². The molecule has 0 aliphatic rings. The van der Waals surface area contributed by atoms with Crippen molar-refractivity contribution in [2.45, 2.75) is 26.7 Å².